The van der Waals surface area contributed by atoms with E-state index in [1.165, 1.54) is 10.5 Å². The molecular weight excluding hydrogens is 467 g/mol. The molecule has 2 amide bonds. The number of hydrogen-bond donors (Lipinski definition) is 1. The first-order valence-electron chi connectivity index (χ1n) is 9.10. The predicted molar refractivity (Wildman–Crippen MR) is 121 cm³/mol. The minimum Gasteiger partial charge on any atom is -0.357 e. The van der Waals surface area contributed by atoms with Crippen molar-refractivity contribution in [3.05, 3.63) is 71.3 Å². The zero-order valence-electron chi connectivity index (χ0n) is 16.1. The molecule has 0 fully saturated rings. The molecule has 7 heteroatoms. The molecular formula is C21H25IN4O2. The summed E-state index contributed by atoms with van der Waals surface area (Å²) in [4.78, 5) is 32.7. The van der Waals surface area contributed by atoms with Crippen molar-refractivity contribution >= 4 is 41.8 Å². The highest BCUT2D eigenvalue weighted by Crippen LogP contribution is 2.21. The van der Waals surface area contributed by atoms with Gasteiger partial charge in [-0.15, -0.1) is 24.0 Å². The summed E-state index contributed by atoms with van der Waals surface area (Å²) in [7, 11) is 1.97. The molecule has 0 bridgehead atoms. The third kappa shape index (κ3) is 4.89. The maximum absolute atomic E-state index is 12.4. The second kappa shape index (κ2) is 10.2. The van der Waals surface area contributed by atoms with E-state index in [4.69, 9.17) is 0 Å². The molecule has 6 nitrogen and oxygen atoms in total. The monoisotopic (exact) mass is 492 g/mol. The first-order valence-corrected chi connectivity index (χ1v) is 9.10. The van der Waals surface area contributed by atoms with Gasteiger partial charge < -0.3 is 10.2 Å². The fourth-order valence-electron chi connectivity index (χ4n) is 3.10. The molecule has 1 aliphatic rings. The van der Waals surface area contributed by atoms with Crippen LogP contribution in [0.3, 0.4) is 0 Å². The van der Waals surface area contributed by atoms with Crippen LogP contribution < -0.4 is 5.32 Å². The van der Waals surface area contributed by atoms with Crippen LogP contribution in [0, 0.1) is 0 Å². The summed E-state index contributed by atoms with van der Waals surface area (Å²) in [5, 5.41) is 3.26. The maximum Gasteiger partial charge on any atom is 0.261 e. The highest BCUT2D eigenvalue weighted by Gasteiger charge is 2.34. The minimum atomic E-state index is -0.242. The van der Waals surface area contributed by atoms with E-state index in [1.807, 2.05) is 37.1 Å². The lowest BCUT2D eigenvalue weighted by molar-refractivity contribution is 0.0659. The molecule has 2 aromatic carbocycles. The zero-order valence-corrected chi connectivity index (χ0v) is 18.4. The Morgan fingerprint density at radius 3 is 2.14 bits per heavy atom. The number of benzene rings is 2. The zero-order chi connectivity index (χ0) is 19.2. The van der Waals surface area contributed by atoms with E-state index in [9.17, 15) is 9.59 Å². The van der Waals surface area contributed by atoms with Crippen LogP contribution in [-0.4, -0.2) is 54.3 Å². The Morgan fingerprint density at radius 2 is 1.57 bits per heavy atom. The summed E-state index contributed by atoms with van der Waals surface area (Å²) in [6.45, 7) is 4.09. The Hall–Kier alpha value is -2.42. The van der Waals surface area contributed by atoms with Crippen LogP contribution in [0.4, 0.5) is 0 Å². The first-order chi connectivity index (χ1) is 13.1. The fourth-order valence-corrected chi connectivity index (χ4v) is 3.10. The van der Waals surface area contributed by atoms with E-state index in [1.54, 1.807) is 24.3 Å². The van der Waals surface area contributed by atoms with Crippen LogP contribution in [0.5, 0.6) is 0 Å². The second-order valence-corrected chi connectivity index (χ2v) is 6.38. The van der Waals surface area contributed by atoms with Crippen molar-refractivity contribution in [3.8, 4) is 0 Å². The van der Waals surface area contributed by atoms with E-state index in [0.717, 1.165) is 19.0 Å². The van der Waals surface area contributed by atoms with Crippen LogP contribution in [0.2, 0.25) is 0 Å². The number of nitrogens with zero attached hydrogens (tertiary/aromatic N) is 3. The summed E-state index contributed by atoms with van der Waals surface area (Å²) in [5.74, 6) is 0.264. The topological polar surface area (TPSA) is 65.0 Å². The van der Waals surface area contributed by atoms with E-state index in [2.05, 4.69) is 22.4 Å². The average Bonchev–Trinajstić information content (AvgIpc) is 2.93. The van der Waals surface area contributed by atoms with Gasteiger partial charge in [0, 0.05) is 26.7 Å². The molecule has 0 atom stereocenters. The molecule has 0 radical (unpaired) electrons. The molecule has 1 aliphatic heterocycles. The summed E-state index contributed by atoms with van der Waals surface area (Å²) in [6, 6.07) is 17.1. The molecule has 0 saturated carbocycles. The fraction of sp³-hybridized carbons (Fsp3) is 0.286. The highest BCUT2D eigenvalue weighted by molar-refractivity contribution is 14.0. The summed E-state index contributed by atoms with van der Waals surface area (Å²) in [6.07, 6.45) is 0. The van der Waals surface area contributed by atoms with Gasteiger partial charge in [-0.2, -0.15) is 0 Å². The van der Waals surface area contributed by atoms with Crippen molar-refractivity contribution in [1.82, 2.24) is 15.1 Å². The number of rotatable bonds is 6. The molecule has 0 aliphatic carbocycles. The lowest BCUT2D eigenvalue weighted by atomic mass is 10.1. The van der Waals surface area contributed by atoms with E-state index >= 15 is 0 Å². The number of imide groups is 1. The molecule has 0 saturated heterocycles. The van der Waals surface area contributed by atoms with Gasteiger partial charge in [0.2, 0.25) is 0 Å². The number of fused-ring (bicyclic) bond motifs is 1. The SMILES string of the molecule is CCNC(=NCCN1C(=O)c2ccccc2C1=O)N(C)Cc1ccccc1.I. The van der Waals surface area contributed by atoms with Crippen molar-refractivity contribution in [2.24, 2.45) is 4.99 Å². The van der Waals surface area contributed by atoms with Crippen molar-refractivity contribution < 1.29 is 9.59 Å². The van der Waals surface area contributed by atoms with Crippen molar-refractivity contribution in [1.29, 1.82) is 0 Å². The van der Waals surface area contributed by atoms with Gasteiger partial charge in [0.05, 0.1) is 17.7 Å². The van der Waals surface area contributed by atoms with Gasteiger partial charge in [-0.25, -0.2) is 0 Å². The number of carbonyl (C=O) groups is 2. The number of halogens is 1. The van der Waals surface area contributed by atoms with E-state index in [-0.39, 0.29) is 42.3 Å². The van der Waals surface area contributed by atoms with Gasteiger partial charge in [0.15, 0.2) is 5.96 Å². The molecule has 28 heavy (non-hydrogen) atoms. The first kappa shape index (κ1) is 21.9. The number of carbonyl (C=O) groups excluding carboxylic acids is 2. The molecule has 3 rings (SSSR count). The Kier molecular flexibility index (Phi) is 7.98. The van der Waals surface area contributed by atoms with Crippen LogP contribution in [0.1, 0.15) is 33.2 Å². The Bertz CT molecular complexity index is 819. The highest BCUT2D eigenvalue weighted by atomic mass is 127. The number of nitrogens with one attached hydrogen (secondary N) is 1. The third-order valence-corrected chi connectivity index (χ3v) is 4.42. The Balaban J connectivity index is 0.00000280. The van der Waals surface area contributed by atoms with Gasteiger partial charge in [-0.3, -0.25) is 19.5 Å². The second-order valence-electron chi connectivity index (χ2n) is 6.38. The lowest BCUT2D eigenvalue weighted by Crippen LogP contribution is -2.39. The largest absolute Gasteiger partial charge is 0.357 e. The van der Waals surface area contributed by atoms with Gasteiger partial charge in [-0.1, -0.05) is 42.5 Å². The number of amides is 2. The van der Waals surface area contributed by atoms with Gasteiger partial charge >= 0.3 is 0 Å². The molecule has 0 spiro atoms. The third-order valence-electron chi connectivity index (χ3n) is 4.42. The molecule has 0 unspecified atom stereocenters. The quantitative estimate of drug-likeness (QED) is 0.292. The standard InChI is InChI=1S/C21H24N4O2.HI/c1-3-22-21(24(2)15-16-9-5-4-6-10-16)23-13-14-25-19(26)17-11-7-8-12-18(17)20(25)27;/h4-12H,3,13-15H2,1-2H3,(H,22,23);1H. The van der Waals surface area contributed by atoms with Crippen LogP contribution >= 0.6 is 24.0 Å². The summed E-state index contributed by atoms with van der Waals surface area (Å²) < 4.78 is 0. The molecule has 1 heterocycles. The minimum absolute atomic E-state index is 0. The van der Waals surface area contributed by atoms with E-state index in [0.29, 0.717) is 17.7 Å². The average molecular weight is 492 g/mol. The molecule has 2 aromatic rings. The molecule has 0 aromatic heterocycles. The van der Waals surface area contributed by atoms with Gasteiger partial charge in [0.25, 0.3) is 11.8 Å². The number of aliphatic imine (C=N–C) groups is 1. The molecule has 148 valence electrons. The summed E-state index contributed by atoms with van der Waals surface area (Å²) >= 11 is 0. The lowest BCUT2D eigenvalue weighted by Gasteiger charge is -2.22. The normalized spacial score (nSPS) is 13.2. The Morgan fingerprint density at radius 1 is 1.00 bits per heavy atom. The van der Waals surface area contributed by atoms with Gasteiger partial charge in [-0.05, 0) is 24.6 Å². The maximum atomic E-state index is 12.4. The van der Waals surface area contributed by atoms with Crippen LogP contribution in [-0.2, 0) is 6.54 Å². The Labute approximate surface area is 182 Å². The van der Waals surface area contributed by atoms with Crippen molar-refractivity contribution in [2.75, 3.05) is 26.7 Å². The van der Waals surface area contributed by atoms with Crippen LogP contribution in [0.15, 0.2) is 59.6 Å². The summed E-state index contributed by atoms with van der Waals surface area (Å²) in [5.41, 5.74) is 2.13. The predicted octanol–water partition coefficient (Wildman–Crippen LogP) is 3.00. The van der Waals surface area contributed by atoms with Crippen molar-refractivity contribution in [2.45, 2.75) is 13.5 Å². The molecule has 1 N–H and O–H groups in total. The van der Waals surface area contributed by atoms with Crippen molar-refractivity contribution in [3.63, 3.8) is 0 Å². The van der Waals surface area contributed by atoms with Gasteiger partial charge in [0.1, 0.15) is 0 Å². The number of hydrogen-bond acceptors (Lipinski definition) is 3. The van der Waals surface area contributed by atoms with Crippen LogP contribution in [0.25, 0.3) is 0 Å². The smallest absolute Gasteiger partial charge is 0.261 e. The number of guanidine groups is 1. The van der Waals surface area contributed by atoms with E-state index < -0.39 is 0 Å².